The van der Waals surface area contributed by atoms with Crippen molar-refractivity contribution in [2.24, 2.45) is 0 Å². The molecule has 2 saturated heterocycles. The summed E-state index contributed by atoms with van der Waals surface area (Å²) in [6.07, 6.45) is 15.0. The molecular formula is C34H41N11O4. The zero-order chi connectivity index (χ0) is 33.4. The van der Waals surface area contributed by atoms with Crippen molar-refractivity contribution >= 4 is 11.6 Å². The minimum absolute atomic E-state index is 0.197. The molecule has 4 aliphatic rings. The molecule has 49 heavy (non-hydrogen) atoms. The van der Waals surface area contributed by atoms with E-state index in [1.807, 2.05) is 29.9 Å². The lowest BCUT2D eigenvalue weighted by atomic mass is 9.89. The summed E-state index contributed by atoms with van der Waals surface area (Å²) in [5.74, 6) is 1.29. The molecule has 1 aromatic carbocycles. The Morgan fingerprint density at radius 2 is 1.78 bits per heavy atom. The van der Waals surface area contributed by atoms with E-state index in [1.54, 1.807) is 23.1 Å². The van der Waals surface area contributed by atoms with E-state index in [9.17, 15) is 10.4 Å². The summed E-state index contributed by atoms with van der Waals surface area (Å²) in [5.41, 5.74) is 1.89. The van der Waals surface area contributed by atoms with Gasteiger partial charge in [-0.3, -0.25) is 9.58 Å². The van der Waals surface area contributed by atoms with Crippen LogP contribution in [0.2, 0.25) is 0 Å². The normalized spacial score (nSPS) is 25.0. The van der Waals surface area contributed by atoms with Gasteiger partial charge in [-0.25, -0.2) is 14.6 Å². The summed E-state index contributed by atoms with van der Waals surface area (Å²) < 4.78 is 21.6. The molecule has 0 amide bonds. The minimum Gasteiger partial charge on any atom is -0.487 e. The molecule has 5 heterocycles. The highest BCUT2D eigenvalue weighted by molar-refractivity contribution is 5.67. The zero-order valence-electron chi connectivity index (χ0n) is 27.6. The average Bonchev–Trinajstić information content (AvgIpc) is 3.38. The van der Waals surface area contributed by atoms with Gasteiger partial charge in [-0.15, -0.1) is 10.2 Å². The first-order chi connectivity index (χ1) is 23.9. The number of benzene rings is 1. The first kappa shape index (κ1) is 31.6. The van der Waals surface area contributed by atoms with Crippen LogP contribution >= 0.6 is 0 Å². The Balaban J connectivity index is 0.953. The molecule has 2 aliphatic heterocycles. The van der Waals surface area contributed by atoms with Gasteiger partial charge in [-0.2, -0.15) is 5.26 Å². The highest BCUT2D eigenvalue weighted by atomic mass is 16.5. The number of hydrogen-bond acceptors (Lipinski definition) is 13. The van der Waals surface area contributed by atoms with E-state index >= 15 is 0 Å². The van der Waals surface area contributed by atoms with E-state index in [0.29, 0.717) is 53.5 Å². The Morgan fingerprint density at radius 3 is 2.47 bits per heavy atom. The quantitative estimate of drug-likeness (QED) is 0.224. The van der Waals surface area contributed by atoms with E-state index in [-0.39, 0.29) is 18.8 Å². The molecule has 2 saturated carbocycles. The van der Waals surface area contributed by atoms with Crippen molar-refractivity contribution in [3.8, 4) is 28.8 Å². The molecule has 2 aliphatic carbocycles. The molecule has 2 N–H and O–H groups in total. The van der Waals surface area contributed by atoms with Gasteiger partial charge >= 0.3 is 0 Å². The Kier molecular flexibility index (Phi) is 8.60. The highest BCUT2D eigenvalue weighted by Gasteiger charge is 2.43. The maximum Gasteiger partial charge on any atom is 0.257 e. The second-order valence-electron chi connectivity index (χ2n) is 13.9. The molecule has 8 rings (SSSR count). The van der Waals surface area contributed by atoms with Crippen molar-refractivity contribution in [2.45, 2.75) is 101 Å². The average molecular weight is 668 g/mol. The molecule has 0 spiro atoms. The molecule has 2 bridgehead atoms. The van der Waals surface area contributed by atoms with Crippen LogP contribution in [0.5, 0.6) is 11.6 Å². The lowest BCUT2D eigenvalue weighted by Crippen LogP contribution is -2.52. The minimum atomic E-state index is -0.774. The summed E-state index contributed by atoms with van der Waals surface area (Å²) in [5, 5.41) is 39.5. The number of aliphatic hydroxyl groups is 1. The van der Waals surface area contributed by atoms with Crippen LogP contribution in [0.25, 0.3) is 11.1 Å². The van der Waals surface area contributed by atoms with Gasteiger partial charge in [0.15, 0.2) is 0 Å². The second kappa shape index (κ2) is 13.3. The number of hydrogen-bond donors (Lipinski definition) is 2. The first-order valence-electron chi connectivity index (χ1n) is 17.2. The third kappa shape index (κ3) is 6.94. The number of anilines is 2. The van der Waals surface area contributed by atoms with Gasteiger partial charge in [0, 0.05) is 36.1 Å². The highest BCUT2D eigenvalue weighted by Crippen LogP contribution is 2.40. The molecule has 0 radical (unpaired) electrons. The standard InChI is InChI=1S/C34H41N11O4/c1-22(16-43-21-38-41-42-43)49-31-12-23(2-3-24(31)13-35)25-14-36-33(37-15-25)39-30-17-44(40-32(30)48-20-34(46)10-11-34)26-4-6-27(7-5-26)45-28-8-9-29(45)19-47-18-28/h2-3,12,14-15,17,21-22,26-29,46H,4-11,16,18-20H2,1H3,(H,36,37,39)/t22-,26?,27?,28-,29+/m0/s1. The predicted molar refractivity (Wildman–Crippen MR) is 176 cm³/mol. The molecule has 4 aromatic rings. The molecular weight excluding hydrogens is 626 g/mol. The third-order valence-corrected chi connectivity index (χ3v) is 10.3. The fourth-order valence-electron chi connectivity index (χ4n) is 7.46. The number of tetrazole rings is 1. The van der Waals surface area contributed by atoms with Crippen molar-refractivity contribution in [1.82, 2.24) is 44.9 Å². The van der Waals surface area contributed by atoms with Gasteiger partial charge < -0.3 is 24.6 Å². The van der Waals surface area contributed by atoms with Crippen molar-refractivity contribution in [1.29, 1.82) is 5.26 Å². The Labute approximate surface area is 284 Å². The zero-order valence-corrected chi connectivity index (χ0v) is 27.6. The second-order valence-corrected chi connectivity index (χ2v) is 13.9. The van der Waals surface area contributed by atoms with E-state index in [1.165, 1.54) is 19.2 Å². The van der Waals surface area contributed by atoms with Gasteiger partial charge in [-0.05, 0) is 86.4 Å². The van der Waals surface area contributed by atoms with Crippen molar-refractivity contribution in [3.63, 3.8) is 0 Å². The summed E-state index contributed by atoms with van der Waals surface area (Å²) in [6, 6.07) is 9.61. The fraction of sp³-hybridized carbons (Fsp3) is 0.559. The number of nitriles is 1. The first-order valence-corrected chi connectivity index (χ1v) is 17.2. The third-order valence-electron chi connectivity index (χ3n) is 10.3. The SMILES string of the molecule is C[C@@H](Cn1cnnn1)Oc1cc(-c2cnc(Nc3cn(C4CCC(N5[C@@H]6CC[C@H]5COC6)CC4)nc3OCC3(O)CC3)nc2)ccc1C#N. The summed E-state index contributed by atoms with van der Waals surface area (Å²) in [4.78, 5) is 11.9. The molecule has 4 fully saturated rings. The summed E-state index contributed by atoms with van der Waals surface area (Å²) >= 11 is 0. The van der Waals surface area contributed by atoms with Crippen LogP contribution in [0.1, 0.15) is 69.9 Å². The smallest absolute Gasteiger partial charge is 0.257 e. The number of fused-ring (bicyclic) bond motifs is 2. The van der Waals surface area contributed by atoms with Crippen LogP contribution in [0.3, 0.4) is 0 Å². The predicted octanol–water partition coefficient (Wildman–Crippen LogP) is 3.66. The van der Waals surface area contributed by atoms with Crippen LogP contribution in [-0.2, 0) is 11.3 Å². The van der Waals surface area contributed by atoms with Crippen molar-refractivity contribution in [3.05, 3.63) is 48.7 Å². The number of nitrogens with one attached hydrogen (secondary N) is 1. The molecule has 0 unspecified atom stereocenters. The lowest BCUT2D eigenvalue weighted by Gasteiger charge is -2.43. The van der Waals surface area contributed by atoms with E-state index < -0.39 is 5.60 Å². The Morgan fingerprint density at radius 1 is 1.04 bits per heavy atom. The van der Waals surface area contributed by atoms with Gasteiger partial charge in [0.2, 0.25) is 5.95 Å². The van der Waals surface area contributed by atoms with E-state index in [0.717, 1.165) is 62.9 Å². The molecule has 15 nitrogen and oxygen atoms in total. The van der Waals surface area contributed by atoms with Crippen LogP contribution in [0, 0.1) is 11.3 Å². The number of rotatable bonds is 12. The molecule has 15 heteroatoms. The number of aromatic nitrogens is 8. The van der Waals surface area contributed by atoms with Crippen molar-refractivity contribution in [2.75, 3.05) is 25.1 Å². The summed E-state index contributed by atoms with van der Waals surface area (Å²) in [7, 11) is 0. The van der Waals surface area contributed by atoms with E-state index in [4.69, 9.17) is 19.3 Å². The maximum absolute atomic E-state index is 10.5. The van der Waals surface area contributed by atoms with Crippen LogP contribution in [-0.4, -0.2) is 99.6 Å². The van der Waals surface area contributed by atoms with Gasteiger partial charge in [0.1, 0.15) is 36.5 Å². The van der Waals surface area contributed by atoms with Crippen LogP contribution in [0.4, 0.5) is 11.6 Å². The monoisotopic (exact) mass is 667 g/mol. The maximum atomic E-state index is 10.5. The van der Waals surface area contributed by atoms with Gasteiger partial charge in [0.05, 0.1) is 43.2 Å². The van der Waals surface area contributed by atoms with Crippen LogP contribution in [0.15, 0.2) is 43.1 Å². The van der Waals surface area contributed by atoms with Gasteiger partial charge in [-0.1, -0.05) is 6.07 Å². The fourth-order valence-corrected chi connectivity index (χ4v) is 7.46. The Bertz CT molecular complexity index is 1760. The molecule has 256 valence electrons. The summed E-state index contributed by atoms with van der Waals surface area (Å²) in [6.45, 7) is 4.26. The largest absolute Gasteiger partial charge is 0.487 e. The number of ether oxygens (including phenoxy) is 3. The number of morpholine rings is 1. The van der Waals surface area contributed by atoms with Gasteiger partial charge in [0.25, 0.3) is 5.88 Å². The topological polar surface area (TPSA) is 174 Å². The molecule has 3 aromatic heterocycles. The molecule has 3 atom stereocenters. The van der Waals surface area contributed by atoms with E-state index in [2.05, 4.69) is 41.8 Å². The number of nitrogens with zero attached hydrogens (tertiary/aromatic N) is 10. The van der Waals surface area contributed by atoms with Crippen molar-refractivity contribution < 1.29 is 19.3 Å². The van der Waals surface area contributed by atoms with Crippen LogP contribution < -0.4 is 14.8 Å². The lowest BCUT2D eigenvalue weighted by molar-refractivity contribution is -0.0458. The Hall–Kier alpha value is -4.65.